The van der Waals surface area contributed by atoms with E-state index in [1.54, 1.807) is 24.3 Å². The molecule has 2 aromatic rings. The number of ether oxygens (including phenoxy) is 1. The van der Waals surface area contributed by atoms with E-state index in [1.807, 2.05) is 12.1 Å². The van der Waals surface area contributed by atoms with Crippen LogP contribution in [0, 0.1) is 5.82 Å². The summed E-state index contributed by atoms with van der Waals surface area (Å²) in [5, 5.41) is 5.94. The predicted octanol–water partition coefficient (Wildman–Crippen LogP) is 3.75. The lowest BCUT2D eigenvalue weighted by molar-refractivity contribution is 0.238. The van der Waals surface area contributed by atoms with Crippen LogP contribution >= 0.6 is 11.6 Å². The van der Waals surface area contributed by atoms with Crippen LogP contribution in [0.3, 0.4) is 0 Å². The summed E-state index contributed by atoms with van der Waals surface area (Å²) in [7, 11) is 0. The molecule has 6 heteroatoms. The zero-order valence-electron chi connectivity index (χ0n) is 12.5. The van der Waals surface area contributed by atoms with Gasteiger partial charge in [-0.1, -0.05) is 35.9 Å². The van der Waals surface area contributed by atoms with Crippen molar-refractivity contribution in [1.82, 2.24) is 10.6 Å². The highest BCUT2D eigenvalue weighted by molar-refractivity contribution is 6.32. The summed E-state index contributed by atoms with van der Waals surface area (Å²) in [6.07, 6.45) is 0.651. The smallest absolute Gasteiger partial charge is 0.315 e. The van der Waals surface area contributed by atoms with Gasteiger partial charge in [-0.25, -0.2) is 9.18 Å². The largest absolute Gasteiger partial charge is 0.492 e. The van der Waals surface area contributed by atoms with Crippen molar-refractivity contribution < 1.29 is 13.9 Å². The number of hydrogen-bond acceptors (Lipinski definition) is 2. The number of halogens is 2. The molecule has 2 N–H and O–H groups in total. The normalized spacial score (nSPS) is 10.2. The van der Waals surface area contributed by atoms with Crippen molar-refractivity contribution in [2.24, 2.45) is 0 Å². The fraction of sp³-hybridized carbons (Fsp3) is 0.235. The number of carbonyl (C=O) groups excluding carboxylic acids is 1. The number of amides is 2. The van der Waals surface area contributed by atoms with Gasteiger partial charge in [-0.2, -0.15) is 0 Å². The maximum absolute atomic E-state index is 13.0. The minimum atomic E-state index is -0.318. The third-order valence-corrected chi connectivity index (χ3v) is 3.36. The van der Waals surface area contributed by atoms with Gasteiger partial charge >= 0.3 is 6.03 Å². The molecule has 0 spiro atoms. The summed E-state index contributed by atoms with van der Waals surface area (Å²) in [5.74, 6) is 0.311. The van der Waals surface area contributed by atoms with E-state index in [4.69, 9.17) is 16.3 Å². The topological polar surface area (TPSA) is 50.4 Å². The molecule has 0 atom stereocenters. The summed E-state index contributed by atoms with van der Waals surface area (Å²) < 4.78 is 18.5. The van der Waals surface area contributed by atoms with Gasteiger partial charge in [0.05, 0.1) is 11.6 Å². The average Bonchev–Trinajstić information content (AvgIpc) is 2.54. The molecule has 23 heavy (non-hydrogen) atoms. The van der Waals surface area contributed by atoms with Gasteiger partial charge in [0.15, 0.2) is 0 Å². The first-order valence-electron chi connectivity index (χ1n) is 7.28. The van der Waals surface area contributed by atoms with Gasteiger partial charge in [0, 0.05) is 13.1 Å². The van der Waals surface area contributed by atoms with Crippen LogP contribution in [0.15, 0.2) is 48.5 Å². The van der Waals surface area contributed by atoms with Gasteiger partial charge in [-0.3, -0.25) is 0 Å². The van der Waals surface area contributed by atoms with Crippen molar-refractivity contribution in [3.63, 3.8) is 0 Å². The third-order valence-electron chi connectivity index (χ3n) is 3.04. The Morgan fingerprint density at radius 3 is 2.74 bits per heavy atom. The molecule has 0 aliphatic heterocycles. The first kappa shape index (κ1) is 17.1. The fourth-order valence-corrected chi connectivity index (χ4v) is 2.10. The number of hydrogen-bond donors (Lipinski definition) is 2. The maximum Gasteiger partial charge on any atom is 0.315 e. The highest BCUT2D eigenvalue weighted by Gasteiger charge is 2.02. The molecule has 0 aliphatic carbocycles. The van der Waals surface area contributed by atoms with E-state index in [0.29, 0.717) is 35.9 Å². The van der Waals surface area contributed by atoms with E-state index in [-0.39, 0.29) is 18.4 Å². The zero-order valence-corrected chi connectivity index (χ0v) is 13.3. The molecular formula is C17H18ClFN2O2. The van der Waals surface area contributed by atoms with Crippen molar-refractivity contribution >= 4 is 17.6 Å². The second kappa shape index (κ2) is 9.00. The number of rotatable bonds is 7. The number of urea groups is 1. The second-order valence-corrected chi connectivity index (χ2v) is 5.28. The summed E-state index contributed by atoms with van der Waals surface area (Å²) in [6.45, 7) is 1.20. The summed E-state index contributed by atoms with van der Waals surface area (Å²) >= 11 is 5.97. The van der Waals surface area contributed by atoms with E-state index in [1.165, 1.54) is 12.1 Å². The van der Waals surface area contributed by atoms with Crippen LogP contribution in [0.5, 0.6) is 5.75 Å². The molecular weight excluding hydrogens is 319 g/mol. The van der Waals surface area contributed by atoms with Gasteiger partial charge in [0.25, 0.3) is 0 Å². The molecule has 122 valence electrons. The molecule has 0 saturated heterocycles. The lowest BCUT2D eigenvalue weighted by Gasteiger charge is -2.09. The Hall–Kier alpha value is -2.27. The Labute approximate surface area is 139 Å². The van der Waals surface area contributed by atoms with Crippen LogP contribution in [-0.4, -0.2) is 19.2 Å². The van der Waals surface area contributed by atoms with Crippen molar-refractivity contribution in [1.29, 1.82) is 0 Å². The van der Waals surface area contributed by atoms with Gasteiger partial charge < -0.3 is 15.4 Å². The standard InChI is InChI=1S/C17H18ClFN2O2/c18-15-7-1-2-8-16(15)23-10-4-9-20-17(22)21-12-13-5-3-6-14(19)11-13/h1-3,5-8,11H,4,9-10,12H2,(H2,20,21,22). The minimum absolute atomic E-state index is 0.277. The van der Waals surface area contributed by atoms with Gasteiger partial charge in [-0.15, -0.1) is 0 Å². The number of nitrogens with one attached hydrogen (secondary N) is 2. The van der Waals surface area contributed by atoms with Crippen molar-refractivity contribution in [2.75, 3.05) is 13.2 Å². The van der Waals surface area contributed by atoms with E-state index in [0.717, 1.165) is 0 Å². The number of benzene rings is 2. The maximum atomic E-state index is 13.0. The van der Waals surface area contributed by atoms with E-state index in [9.17, 15) is 9.18 Å². The molecule has 0 fully saturated rings. The van der Waals surface area contributed by atoms with Gasteiger partial charge in [-0.05, 0) is 36.2 Å². The highest BCUT2D eigenvalue weighted by Crippen LogP contribution is 2.22. The van der Waals surface area contributed by atoms with E-state index < -0.39 is 0 Å². The average molecular weight is 337 g/mol. The lowest BCUT2D eigenvalue weighted by Crippen LogP contribution is -2.36. The Balaban J connectivity index is 1.59. The summed E-state index contributed by atoms with van der Waals surface area (Å²) in [6, 6.07) is 13.0. The van der Waals surface area contributed by atoms with Crippen LogP contribution in [0.4, 0.5) is 9.18 Å². The second-order valence-electron chi connectivity index (χ2n) is 4.87. The highest BCUT2D eigenvalue weighted by atomic mass is 35.5. The van der Waals surface area contributed by atoms with Crippen LogP contribution in [0.25, 0.3) is 0 Å². The SMILES string of the molecule is O=C(NCCCOc1ccccc1Cl)NCc1cccc(F)c1. The van der Waals surface area contributed by atoms with Crippen LogP contribution < -0.4 is 15.4 Å². The fourth-order valence-electron chi connectivity index (χ4n) is 1.91. The molecule has 0 aromatic heterocycles. The first-order valence-corrected chi connectivity index (χ1v) is 7.66. The van der Waals surface area contributed by atoms with Crippen LogP contribution in [0.2, 0.25) is 5.02 Å². The third kappa shape index (κ3) is 6.16. The van der Waals surface area contributed by atoms with Crippen molar-refractivity contribution in [3.8, 4) is 5.75 Å². The summed E-state index contributed by atoms with van der Waals surface area (Å²) in [4.78, 5) is 11.6. The first-order chi connectivity index (χ1) is 11.1. The molecule has 0 unspecified atom stereocenters. The number of para-hydroxylation sites is 1. The Bertz CT molecular complexity index is 652. The lowest BCUT2D eigenvalue weighted by atomic mass is 10.2. The molecule has 2 amide bonds. The molecule has 0 heterocycles. The summed E-state index contributed by atoms with van der Waals surface area (Å²) in [5.41, 5.74) is 0.710. The Kier molecular flexibility index (Phi) is 6.69. The molecule has 0 radical (unpaired) electrons. The predicted molar refractivity (Wildman–Crippen MR) is 88.2 cm³/mol. The monoisotopic (exact) mass is 336 g/mol. The Morgan fingerprint density at radius 1 is 1.13 bits per heavy atom. The van der Waals surface area contributed by atoms with Crippen molar-refractivity contribution in [3.05, 3.63) is 64.9 Å². The zero-order chi connectivity index (χ0) is 16.5. The molecule has 2 rings (SSSR count). The molecule has 0 aliphatic rings. The minimum Gasteiger partial charge on any atom is -0.492 e. The quantitative estimate of drug-likeness (QED) is 0.757. The van der Waals surface area contributed by atoms with Crippen LogP contribution in [0.1, 0.15) is 12.0 Å². The van der Waals surface area contributed by atoms with Gasteiger partial charge in [0.1, 0.15) is 11.6 Å². The molecule has 4 nitrogen and oxygen atoms in total. The molecule has 2 aromatic carbocycles. The number of carbonyl (C=O) groups is 1. The van der Waals surface area contributed by atoms with Gasteiger partial charge in [0.2, 0.25) is 0 Å². The Morgan fingerprint density at radius 2 is 1.96 bits per heavy atom. The van der Waals surface area contributed by atoms with Crippen LogP contribution in [-0.2, 0) is 6.54 Å². The van der Waals surface area contributed by atoms with E-state index >= 15 is 0 Å². The van der Waals surface area contributed by atoms with Crippen molar-refractivity contribution in [2.45, 2.75) is 13.0 Å². The van der Waals surface area contributed by atoms with E-state index in [2.05, 4.69) is 10.6 Å². The molecule has 0 bridgehead atoms. The molecule has 0 saturated carbocycles.